The molecule has 0 amide bonds. The van der Waals surface area contributed by atoms with Crippen LogP contribution in [-0.4, -0.2) is 25.7 Å². The van der Waals surface area contributed by atoms with E-state index in [9.17, 15) is 13.2 Å². The zero-order valence-corrected chi connectivity index (χ0v) is 16.8. The van der Waals surface area contributed by atoms with Gasteiger partial charge in [0.15, 0.2) is 5.78 Å². The number of hydrogen-bond donors (Lipinski definition) is 1. The van der Waals surface area contributed by atoms with Crippen molar-refractivity contribution in [3.8, 4) is 11.5 Å². The predicted molar refractivity (Wildman–Crippen MR) is 107 cm³/mol. The summed E-state index contributed by atoms with van der Waals surface area (Å²) in [6.45, 7) is 5.39. The smallest absolute Gasteiger partial charge is 0.240 e. The highest BCUT2D eigenvalue weighted by molar-refractivity contribution is 7.89. The minimum Gasteiger partial charge on any atom is -0.441 e. The molecule has 28 heavy (non-hydrogen) atoms. The molecular formula is C21H22N2O4S. The maximum Gasteiger partial charge on any atom is 0.240 e. The van der Waals surface area contributed by atoms with E-state index in [1.165, 1.54) is 19.1 Å². The lowest BCUT2D eigenvalue weighted by atomic mass is 10.1. The molecule has 6 nitrogen and oxygen atoms in total. The molecule has 1 N–H and O–H groups in total. The summed E-state index contributed by atoms with van der Waals surface area (Å²) in [5, 5.41) is 0. The van der Waals surface area contributed by atoms with Crippen LogP contribution in [0.2, 0.25) is 0 Å². The third-order valence-corrected chi connectivity index (χ3v) is 5.85. The van der Waals surface area contributed by atoms with Crippen LogP contribution in [0.1, 0.15) is 34.3 Å². The predicted octanol–water partition coefficient (Wildman–Crippen LogP) is 3.68. The lowest BCUT2D eigenvalue weighted by Crippen LogP contribution is -2.26. The van der Waals surface area contributed by atoms with Crippen molar-refractivity contribution in [1.29, 1.82) is 0 Å². The van der Waals surface area contributed by atoms with E-state index < -0.39 is 10.0 Å². The number of oxazole rings is 1. The van der Waals surface area contributed by atoms with Crippen molar-refractivity contribution < 1.29 is 17.6 Å². The number of aromatic nitrogens is 1. The second kappa shape index (κ2) is 8.08. The number of ketones is 1. The van der Waals surface area contributed by atoms with Gasteiger partial charge in [0, 0.05) is 24.1 Å². The molecule has 0 saturated carbocycles. The van der Waals surface area contributed by atoms with Crippen LogP contribution in [0.15, 0.2) is 57.8 Å². The van der Waals surface area contributed by atoms with Crippen molar-refractivity contribution in [2.45, 2.75) is 32.1 Å². The number of benzene rings is 2. The van der Waals surface area contributed by atoms with E-state index in [0.717, 1.165) is 11.1 Å². The highest BCUT2D eigenvalue weighted by Gasteiger charge is 2.16. The number of hydrogen-bond acceptors (Lipinski definition) is 5. The third-order valence-electron chi connectivity index (χ3n) is 4.40. The van der Waals surface area contributed by atoms with Gasteiger partial charge in [-0.15, -0.1) is 0 Å². The summed E-state index contributed by atoms with van der Waals surface area (Å²) in [6.07, 6.45) is 0.396. The van der Waals surface area contributed by atoms with Crippen LogP contribution >= 0.6 is 0 Å². The van der Waals surface area contributed by atoms with E-state index in [1.807, 2.05) is 38.1 Å². The monoisotopic (exact) mass is 398 g/mol. The van der Waals surface area contributed by atoms with E-state index in [0.29, 0.717) is 29.3 Å². The first kappa shape index (κ1) is 20.0. The lowest BCUT2D eigenvalue weighted by Gasteiger charge is -2.07. The van der Waals surface area contributed by atoms with Crippen molar-refractivity contribution in [2.75, 3.05) is 6.54 Å². The topological polar surface area (TPSA) is 89.3 Å². The number of carbonyl (C=O) groups is 1. The molecule has 3 rings (SSSR count). The number of nitrogens with one attached hydrogen (secondary N) is 1. The van der Waals surface area contributed by atoms with E-state index in [2.05, 4.69) is 9.71 Å². The first-order valence-corrected chi connectivity index (χ1v) is 10.4. The average Bonchev–Trinajstić information content (AvgIpc) is 3.03. The maximum atomic E-state index is 12.5. The minimum absolute atomic E-state index is 0.0671. The molecule has 0 radical (unpaired) electrons. The first-order valence-electron chi connectivity index (χ1n) is 8.90. The summed E-state index contributed by atoms with van der Waals surface area (Å²) >= 11 is 0. The van der Waals surface area contributed by atoms with Crippen molar-refractivity contribution in [1.82, 2.24) is 9.71 Å². The highest BCUT2D eigenvalue weighted by atomic mass is 32.2. The Morgan fingerprint density at radius 3 is 2.50 bits per heavy atom. The molecule has 0 aliphatic rings. The van der Waals surface area contributed by atoms with Crippen LogP contribution in [0.3, 0.4) is 0 Å². The summed E-state index contributed by atoms with van der Waals surface area (Å²) in [6, 6.07) is 13.8. The van der Waals surface area contributed by atoms with Crippen molar-refractivity contribution in [3.63, 3.8) is 0 Å². The van der Waals surface area contributed by atoms with Crippen LogP contribution in [0.5, 0.6) is 0 Å². The fourth-order valence-electron chi connectivity index (χ4n) is 2.75. The summed E-state index contributed by atoms with van der Waals surface area (Å²) in [5.41, 5.74) is 3.09. The molecule has 0 aliphatic carbocycles. The van der Waals surface area contributed by atoms with Crippen LogP contribution in [0.25, 0.3) is 11.5 Å². The summed E-state index contributed by atoms with van der Waals surface area (Å²) in [7, 11) is -3.71. The zero-order chi connectivity index (χ0) is 20.3. The molecular weight excluding hydrogens is 376 g/mol. The molecule has 0 spiro atoms. The number of carbonyl (C=O) groups excluding carboxylic acids is 1. The molecule has 1 heterocycles. The Hall–Kier alpha value is -2.77. The van der Waals surface area contributed by atoms with Gasteiger partial charge in [-0.1, -0.05) is 29.8 Å². The Labute approximate surface area is 164 Å². The Morgan fingerprint density at radius 1 is 1.11 bits per heavy atom. The fraction of sp³-hybridized carbons (Fsp3) is 0.238. The molecule has 0 aliphatic heterocycles. The highest BCUT2D eigenvalue weighted by Crippen LogP contribution is 2.22. The molecule has 0 unspecified atom stereocenters. The molecule has 146 valence electrons. The largest absolute Gasteiger partial charge is 0.441 e. The minimum atomic E-state index is -3.71. The first-order chi connectivity index (χ1) is 13.3. The molecule has 0 bridgehead atoms. The molecule has 7 heteroatoms. The normalized spacial score (nSPS) is 11.5. The van der Waals surface area contributed by atoms with Crippen LogP contribution in [0.4, 0.5) is 0 Å². The standard InChI is InChI=1S/C21H22N2O4S/c1-14-7-9-17(10-8-14)21-23-20(16(3)27-21)11-12-22-28(25,26)19-6-4-5-18(13-19)15(2)24/h4-10,13,22H,11-12H2,1-3H3. The van der Waals surface area contributed by atoms with Gasteiger partial charge in [0.05, 0.1) is 10.6 Å². The molecule has 0 atom stereocenters. The lowest BCUT2D eigenvalue weighted by molar-refractivity contribution is 0.101. The van der Waals surface area contributed by atoms with Crippen LogP contribution < -0.4 is 4.72 Å². The maximum absolute atomic E-state index is 12.5. The SMILES string of the molecule is CC(=O)c1cccc(S(=O)(=O)NCCc2nc(-c3ccc(C)cc3)oc2C)c1. The summed E-state index contributed by atoms with van der Waals surface area (Å²) < 4.78 is 33.2. The Kier molecular flexibility index (Phi) is 5.76. The molecule has 3 aromatic rings. The van der Waals surface area contributed by atoms with Crippen molar-refractivity contribution >= 4 is 15.8 Å². The third kappa shape index (κ3) is 4.55. The summed E-state index contributed by atoms with van der Waals surface area (Å²) in [5.74, 6) is 0.997. The van der Waals surface area contributed by atoms with E-state index in [-0.39, 0.29) is 17.2 Å². The van der Waals surface area contributed by atoms with E-state index >= 15 is 0 Å². The van der Waals surface area contributed by atoms with Gasteiger partial charge < -0.3 is 4.42 Å². The number of rotatable bonds is 7. The Bertz CT molecular complexity index is 1100. The second-order valence-electron chi connectivity index (χ2n) is 6.62. The zero-order valence-electron chi connectivity index (χ0n) is 16.0. The van der Waals surface area contributed by atoms with Crippen molar-refractivity contribution in [3.05, 3.63) is 71.1 Å². The van der Waals surface area contributed by atoms with Crippen LogP contribution in [0, 0.1) is 13.8 Å². The molecule has 1 aromatic heterocycles. The Morgan fingerprint density at radius 2 is 1.82 bits per heavy atom. The number of Topliss-reactive ketones (excluding diaryl/α,β-unsaturated/α-hetero) is 1. The molecule has 0 fully saturated rings. The van der Waals surface area contributed by atoms with Gasteiger partial charge in [-0.3, -0.25) is 4.79 Å². The van der Waals surface area contributed by atoms with Gasteiger partial charge in [0.25, 0.3) is 0 Å². The molecule has 2 aromatic carbocycles. The average molecular weight is 398 g/mol. The number of sulfonamides is 1. The number of aryl methyl sites for hydroxylation is 2. The second-order valence-corrected chi connectivity index (χ2v) is 8.39. The van der Waals surface area contributed by atoms with Crippen LogP contribution in [-0.2, 0) is 16.4 Å². The van der Waals surface area contributed by atoms with E-state index in [1.54, 1.807) is 12.1 Å². The summed E-state index contributed by atoms with van der Waals surface area (Å²) in [4.78, 5) is 16.0. The fourth-order valence-corrected chi connectivity index (χ4v) is 3.83. The Balaban J connectivity index is 1.68. The van der Waals surface area contributed by atoms with Gasteiger partial charge in [-0.25, -0.2) is 18.1 Å². The number of nitrogens with zero attached hydrogens (tertiary/aromatic N) is 1. The van der Waals surface area contributed by atoms with E-state index in [4.69, 9.17) is 4.42 Å². The van der Waals surface area contributed by atoms with Gasteiger partial charge >= 0.3 is 0 Å². The van der Waals surface area contributed by atoms with Gasteiger partial charge in [0.1, 0.15) is 5.76 Å². The van der Waals surface area contributed by atoms with Gasteiger partial charge in [-0.05, 0) is 45.0 Å². The van der Waals surface area contributed by atoms with Gasteiger partial charge in [-0.2, -0.15) is 0 Å². The molecule has 0 saturated heterocycles. The van der Waals surface area contributed by atoms with Gasteiger partial charge in [0.2, 0.25) is 15.9 Å². The van der Waals surface area contributed by atoms with Crippen molar-refractivity contribution in [2.24, 2.45) is 0 Å². The quantitative estimate of drug-likeness (QED) is 0.613.